The zero-order valence-corrected chi connectivity index (χ0v) is 14.3. The van der Waals surface area contributed by atoms with E-state index < -0.39 is 28.4 Å². The number of nitrogens with one attached hydrogen (secondary N) is 2. The summed E-state index contributed by atoms with van der Waals surface area (Å²) >= 11 is 11.6. The van der Waals surface area contributed by atoms with Crippen LogP contribution in [0, 0.1) is 5.82 Å². The van der Waals surface area contributed by atoms with E-state index in [0.29, 0.717) is 5.02 Å². The molecule has 10 heteroatoms. The lowest BCUT2D eigenvalue weighted by molar-refractivity contribution is -0.123. The van der Waals surface area contributed by atoms with E-state index >= 15 is 0 Å². The minimum atomic E-state index is -4.02. The molecule has 2 rings (SSSR count). The van der Waals surface area contributed by atoms with Gasteiger partial charge in [0.25, 0.3) is 15.9 Å². The van der Waals surface area contributed by atoms with Gasteiger partial charge in [0.05, 0.1) is 9.92 Å². The van der Waals surface area contributed by atoms with E-state index in [2.05, 4.69) is 0 Å². The van der Waals surface area contributed by atoms with Crippen LogP contribution in [0.4, 0.5) is 4.39 Å². The van der Waals surface area contributed by atoms with Gasteiger partial charge in [0.2, 0.25) is 0 Å². The molecular weight excluding hydrogens is 382 g/mol. The topological polar surface area (TPSA) is 84.5 Å². The number of sulfonamides is 1. The maximum atomic E-state index is 12.8. The molecule has 2 N–H and O–H groups in total. The number of hydrogen-bond donors (Lipinski definition) is 2. The molecule has 0 aromatic heterocycles. The molecule has 24 heavy (non-hydrogen) atoms. The van der Waals surface area contributed by atoms with Gasteiger partial charge in [-0.05, 0) is 42.5 Å². The van der Waals surface area contributed by atoms with Gasteiger partial charge < -0.3 is 4.74 Å². The Balaban J connectivity index is 1.89. The molecular formula is C14H11Cl2FN2O4S. The number of amides is 1. The molecule has 0 aliphatic rings. The van der Waals surface area contributed by atoms with E-state index in [1.807, 2.05) is 10.3 Å². The van der Waals surface area contributed by atoms with Crippen LogP contribution in [0.25, 0.3) is 0 Å². The normalized spacial score (nSPS) is 11.1. The highest BCUT2D eigenvalue weighted by molar-refractivity contribution is 7.89. The Bertz CT molecular complexity index is 844. The summed E-state index contributed by atoms with van der Waals surface area (Å²) in [6.07, 6.45) is 0. The highest BCUT2D eigenvalue weighted by atomic mass is 35.5. The third kappa shape index (κ3) is 5.07. The molecule has 1 amide bonds. The second kappa shape index (κ2) is 7.80. The lowest BCUT2D eigenvalue weighted by Gasteiger charge is -2.10. The Kier molecular flexibility index (Phi) is 6.00. The molecule has 2 aromatic carbocycles. The lowest BCUT2D eigenvalue weighted by atomic mass is 10.3. The summed E-state index contributed by atoms with van der Waals surface area (Å²) in [6.45, 7) is -0.479. The van der Waals surface area contributed by atoms with Crippen molar-refractivity contribution in [1.29, 1.82) is 0 Å². The number of hydrogen-bond acceptors (Lipinski definition) is 4. The molecule has 0 fully saturated rings. The van der Waals surface area contributed by atoms with Crippen LogP contribution >= 0.6 is 23.2 Å². The van der Waals surface area contributed by atoms with Gasteiger partial charge in [0.1, 0.15) is 11.6 Å². The van der Waals surface area contributed by atoms with Gasteiger partial charge in [-0.3, -0.25) is 10.2 Å². The van der Waals surface area contributed by atoms with E-state index in [-0.39, 0.29) is 15.7 Å². The summed E-state index contributed by atoms with van der Waals surface area (Å²) in [7, 11) is -4.02. The van der Waals surface area contributed by atoms with Crippen LogP contribution in [0.2, 0.25) is 10.0 Å². The van der Waals surface area contributed by atoms with Gasteiger partial charge in [0.15, 0.2) is 6.61 Å². The van der Waals surface area contributed by atoms with Crippen molar-refractivity contribution in [3.63, 3.8) is 0 Å². The van der Waals surface area contributed by atoms with E-state index in [1.165, 1.54) is 18.2 Å². The van der Waals surface area contributed by atoms with Crippen molar-refractivity contribution in [2.75, 3.05) is 6.61 Å². The Morgan fingerprint density at radius 3 is 2.42 bits per heavy atom. The molecule has 0 aliphatic carbocycles. The van der Waals surface area contributed by atoms with Crippen molar-refractivity contribution >= 4 is 39.1 Å². The summed E-state index contributed by atoms with van der Waals surface area (Å²) in [6, 6.07) is 8.54. The average molecular weight is 393 g/mol. The van der Waals surface area contributed by atoms with Crippen molar-refractivity contribution in [2.24, 2.45) is 0 Å². The molecule has 0 atom stereocenters. The maximum Gasteiger partial charge on any atom is 0.272 e. The second-order valence-corrected chi connectivity index (χ2v) is 7.00. The van der Waals surface area contributed by atoms with Crippen molar-refractivity contribution in [2.45, 2.75) is 4.90 Å². The Morgan fingerprint density at radius 1 is 1.12 bits per heavy atom. The molecule has 128 valence electrons. The fourth-order valence-corrected chi connectivity index (χ4v) is 2.89. The van der Waals surface area contributed by atoms with Crippen LogP contribution in [0.5, 0.6) is 5.75 Å². The van der Waals surface area contributed by atoms with Crippen LogP contribution in [0.15, 0.2) is 47.4 Å². The predicted molar refractivity (Wildman–Crippen MR) is 86.8 cm³/mol. The Hall–Kier alpha value is -1.87. The minimum absolute atomic E-state index is 0.203. The summed E-state index contributed by atoms with van der Waals surface area (Å²) < 4.78 is 41.7. The first kappa shape index (κ1) is 18.5. The molecule has 0 aliphatic heterocycles. The summed E-state index contributed by atoms with van der Waals surface area (Å²) in [5, 5.41) is 0.617. The maximum absolute atomic E-state index is 12.8. The zero-order chi connectivity index (χ0) is 17.7. The van der Waals surface area contributed by atoms with E-state index in [4.69, 9.17) is 27.9 Å². The standard InChI is InChI=1S/C14H11Cl2FN2O4S/c15-9-1-6-13(12(16)7-9)23-8-14(20)18-19-24(21,22)11-4-2-10(17)3-5-11/h1-7,19H,8H2,(H,18,20). The lowest BCUT2D eigenvalue weighted by Crippen LogP contribution is -2.43. The third-order valence-corrected chi connectivity index (χ3v) is 4.50. The van der Waals surface area contributed by atoms with Gasteiger partial charge in [0, 0.05) is 5.02 Å². The molecule has 0 radical (unpaired) electrons. The quantitative estimate of drug-likeness (QED) is 0.739. The fraction of sp³-hybridized carbons (Fsp3) is 0.0714. The summed E-state index contributed by atoms with van der Waals surface area (Å²) in [5.74, 6) is -1.12. The van der Waals surface area contributed by atoms with Gasteiger partial charge in [-0.15, -0.1) is 4.83 Å². The smallest absolute Gasteiger partial charge is 0.272 e. The van der Waals surface area contributed by atoms with Crippen molar-refractivity contribution < 1.29 is 22.3 Å². The molecule has 0 unspecified atom stereocenters. The largest absolute Gasteiger partial charge is 0.482 e. The highest BCUT2D eigenvalue weighted by Gasteiger charge is 2.15. The number of benzene rings is 2. The first-order chi connectivity index (χ1) is 11.3. The first-order valence-corrected chi connectivity index (χ1v) is 8.66. The zero-order valence-electron chi connectivity index (χ0n) is 11.9. The van der Waals surface area contributed by atoms with E-state index in [1.54, 1.807) is 0 Å². The van der Waals surface area contributed by atoms with Crippen molar-refractivity contribution in [3.8, 4) is 5.75 Å². The molecule has 2 aromatic rings. The second-order valence-electron chi connectivity index (χ2n) is 4.47. The number of rotatable bonds is 6. The monoisotopic (exact) mass is 392 g/mol. The molecule has 0 bridgehead atoms. The summed E-state index contributed by atoms with van der Waals surface area (Å²) in [4.78, 5) is 13.3. The number of ether oxygens (including phenoxy) is 1. The number of carbonyl (C=O) groups excluding carboxylic acids is 1. The van der Waals surface area contributed by atoms with Gasteiger partial charge in [-0.2, -0.15) is 0 Å². The third-order valence-electron chi connectivity index (χ3n) is 2.70. The van der Waals surface area contributed by atoms with Gasteiger partial charge in [-0.25, -0.2) is 12.8 Å². The number of carbonyl (C=O) groups is 1. The average Bonchev–Trinajstić information content (AvgIpc) is 2.52. The molecule has 6 nitrogen and oxygen atoms in total. The molecule has 0 saturated carbocycles. The van der Waals surface area contributed by atoms with Crippen LogP contribution in [0.1, 0.15) is 0 Å². The number of halogens is 3. The van der Waals surface area contributed by atoms with Crippen molar-refractivity contribution in [3.05, 3.63) is 58.3 Å². The van der Waals surface area contributed by atoms with Crippen LogP contribution in [-0.2, 0) is 14.8 Å². The minimum Gasteiger partial charge on any atom is -0.482 e. The SMILES string of the molecule is O=C(COc1ccc(Cl)cc1Cl)NNS(=O)(=O)c1ccc(F)cc1. The highest BCUT2D eigenvalue weighted by Crippen LogP contribution is 2.27. The molecule has 0 spiro atoms. The van der Waals surface area contributed by atoms with Crippen molar-refractivity contribution in [1.82, 2.24) is 10.3 Å². The predicted octanol–water partition coefficient (Wildman–Crippen LogP) is 2.52. The first-order valence-electron chi connectivity index (χ1n) is 6.42. The Morgan fingerprint density at radius 2 is 1.79 bits per heavy atom. The molecule has 0 heterocycles. The van der Waals surface area contributed by atoms with Crippen LogP contribution in [-0.4, -0.2) is 20.9 Å². The molecule has 0 saturated heterocycles. The van der Waals surface area contributed by atoms with E-state index in [0.717, 1.165) is 24.3 Å². The van der Waals surface area contributed by atoms with Gasteiger partial charge >= 0.3 is 0 Å². The number of hydrazine groups is 1. The fourth-order valence-electron chi connectivity index (χ4n) is 1.57. The van der Waals surface area contributed by atoms with Crippen LogP contribution in [0.3, 0.4) is 0 Å². The summed E-state index contributed by atoms with van der Waals surface area (Å²) in [5.41, 5.74) is 1.97. The Labute approximate surface area is 147 Å². The van der Waals surface area contributed by atoms with E-state index in [9.17, 15) is 17.6 Å². The van der Waals surface area contributed by atoms with Crippen LogP contribution < -0.4 is 15.0 Å². The van der Waals surface area contributed by atoms with Gasteiger partial charge in [-0.1, -0.05) is 23.2 Å².